The van der Waals surface area contributed by atoms with Crippen LogP contribution < -0.4 is 4.90 Å². The summed E-state index contributed by atoms with van der Waals surface area (Å²) in [7, 11) is 0. The molecule has 1 atom stereocenters. The molecule has 29 heavy (non-hydrogen) atoms. The Kier molecular flexibility index (Phi) is 6.45. The van der Waals surface area contributed by atoms with Gasteiger partial charge in [0.15, 0.2) is 0 Å². The first-order valence-corrected chi connectivity index (χ1v) is 11.0. The number of piperazine rings is 1. The van der Waals surface area contributed by atoms with E-state index in [1.54, 1.807) is 6.20 Å². The maximum atomic E-state index is 12.9. The van der Waals surface area contributed by atoms with Crippen LogP contribution in [-0.2, 0) is 6.54 Å². The lowest BCUT2D eigenvalue weighted by Gasteiger charge is -2.36. The van der Waals surface area contributed by atoms with Crippen molar-refractivity contribution in [1.29, 1.82) is 0 Å². The minimum Gasteiger partial charge on any atom is -0.354 e. The van der Waals surface area contributed by atoms with Gasteiger partial charge in [0.1, 0.15) is 5.82 Å². The van der Waals surface area contributed by atoms with Crippen LogP contribution in [0.25, 0.3) is 0 Å². The van der Waals surface area contributed by atoms with Gasteiger partial charge in [-0.1, -0.05) is 37.3 Å². The van der Waals surface area contributed by atoms with Crippen molar-refractivity contribution in [2.75, 3.05) is 37.6 Å². The molecule has 5 heteroatoms. The summed E-state index contributed by atoms with van der Waals surface area (Å²) in [4.78, 5) is 24.4. The summed E-state index contributed by atoms with van der Waals surface area (Å²) in [6.07, 6.45) is 6.70. The average molecular weight is 393 g/mol. The van der Waals surface area contributed by atoms with Gasteiger partial charge in [-0.2, -0.15) is 0 Å². The Morgan fingerprint density at radius 2 is 1.79 bits per heavy atom. The topological polar surface area (TPSA) is 39.7 Å². The summed E-state index contributed by atoms with van der Waals surface area (Å²) in [6.45, 7) is 7.65. The zero-order chi connectivity index (χ0) is 20.1. The first kappa shape index (κ1) is 19.9. The highest BCUT2D eigenvalue weighted by molar-refractivity contribution is 5.94. The standard InChI is InChI=1S/C24H32N4O/c1-2-22-10-6-7-13-28(22)23-12-11-21(18-25-23)24(29)27-16-14-26(15-17-27)19-20-8-4-3-5-9-20/h3-5,8-9,11-12,18,22H,2,6-7,10,13-17,19H2,1H3. The van der Waals surface area contributed by atoms with Crippen molar-refractivity contribution in [3.05, 3.63) is 59.8 Å². The Morgan fingerprint density at radius 1 is 1.00 bits per heavy atom. The first-order valence-electron chi connectivity index (χ1n) is 11.0. The normalized spacial score (nSPS) is 20.7. The molecule has 0 saturated carbocycles. The molecule has 1 aromatic heterocycles. The Labute approximate surface area is 174 Å². The van der Waals surface area contributed by atoms with E-state index < -0.39 is 0 Å². The van der Waals surface area contributed by atoms with Gasteiger partial charge in [-0.15, -0.1) is 0 Å². The highest BCUT2D eigenvalue weighted by atomic mass is 16.2. The molecule has 3 heterocycles. The van der Waals surface area contributed by atoms with Crippen LogP contribution >= 0.6 is 0 Å². The second-order valence-corrected chi connectivity index (χ2v) is 8.21. The minimum absolute atomic E-state index is 0.106. The maximum absolute atomic E-state index is 12.9. The zero-order valence-electron chi connectivity index (χ0n) is 17.5. The van der Waals surface area contributed by atoms with Crippen LogP contribution in [-0.4, -0.2) is 59.5 Å². The third-order valence-corrected chi connectivity index (χ3v) is 6.30. The van der Waals surface area contributed by atoms with Gasteiger partial charge >= 0.3 is 0 Å². The maximum Gasteiger partial charge on any atom is 0.255 e. The van der Waals surface area contributed by atoms with E-state index in [1.165, 1.54) is 24.8 Å². The molecule has 0 N–H and O–H groups in total. The molecule has 2 aromatic rings. The summed E-state index contributed by atoms with van der Waals surface area (Å²) in [5, 5.41) is 0. The van der Waals surface area contributed by atoms with E-state index in [4.69, 9.17) is 0 Å². The van der Waals surface area contributed by atoms with Gasteiger partial charge in [0.05, 0.1) is 5.56 Å². The number of amides is 1. The highest BCUT2D eigenvalue weighted by Gasteiger charge is 2.24. The monoisotopic (exact) mass is 392 g/mol. The molecule has 0 spiro atoms. The van der Waals surface area contributed by atoms with Crippen molar-refractivity contribution in [2.24, 2.45) is 0 Å². The molecule has 4 rings (SSSR count). The molecule has 5 nitrogen and oxygen atoms in total. The summed E-state index contributed by atoms with van der Waals surface area (Å²) in [5.41, 5.74) is 2.03. The van der Waals surface area contributed by atoms with E-state index in [1.807, 2.05) is 23.1 Å². The van der Waals surface area contributed by atoms with E-state index in [9.17, 15) is 4.79 Å². The van der Waals surface area contributed by atoms with E-state index in [-0.39, 0.29) is 5.91 Å². The van der Waals surface area contributed by atoms with Crippen LogP contribution in [0, 0.1) is 0 Å². The summed E-state index contributed by atoms with van der Waals surface area (Å²) in [6, 6.07) is 15.1. The van der Waals surface area contributed by atoms with E-state index >= 15 is 0 Å². The molecule has 0 radical (unpaired) electrons. The second kappa shape index (κ2) is 9.40. The summed E-state index contributed by atoms with van der Waals surface area (Å²) in [5.74, 6) is 1.12. The zero-order valence-corrected chi connectivity index (χ0v) is 17.5. The Morgan fingerprint density at radius 3 is 2.48 bits per heavy atom. The number of carbonyl (C=O) groups is 1. The van der Waals surface area contributed by atoms with Gasteiger partial charge in [0.25, 0.3) is 5.91 Å². The Balaban J connectivity index is 1.33. The third kappa shape index (κ3) is 4.78. The lowest BCUT2D eigenvalue weighted by atomic mass is 10.00. The molecular weight excluding hydrogens is 360 g/mol. The van der Waals surface area contributed by atoms with Gasteiger partial charge < -0.3 is 9.80 Å². The average Bonchev–Trinajstić information content (AvgIpc) is 2.80. The lowest BCUT2D eigenvalue weighted by Crippen LogP contribution is -2.48. The lowest BCUT2D eigenvalue weighted by molar-refractivity contribution is 0.0628. The SMILES string of the molecule is CCC1CCCCN1c1ccc(C(=O)N2CCN(Cc3ccccc3)CC2)cn1. The van der Waals surface area contributed by atoms with Gasteiger partial charge in [-0.3, -0.25) is 9.69 Å². The molecule has 0 aliphatic carbocycles. The molecule has 2 saturated heterocycles. The largest absolute Gasteiger partial charge is 0.354 e. The molecule has 1 amide bonds. The molecule has 2 aliphatic heterocycles. The number of nitrogens with zero attached hydrogens (tertiary/aromatic N) is 4. The first-order chi connectivity index (χ1) is 14.2. The van der Waals surface area contributed by atoms with Crippen molar-refractivity contribution >= 4 is 11.7 Å². The van der Waals surface area contributed by atoms with Gasteiger partial charge in [-0.05, 0) is 43.4 Å². The van der Waals surface area contributed by atoms with Crippen LogP contribution in [0.2, 0.25) is 0 Å². The smallest absolute Gasteiger partial charge is 0.255 e. The summed E-state index contributed by atoms with van der Waals surface area (Å²) >= 11 is 0. The number of piperidine rings is 1. The molecule has 2 fully saturated rings. The fourth-order valence-electron chi connectivity index (χ4n) is 4.54. The molecular formula is C24H32N4O. The Bertz CT molecular complexity index is 784. The number of aromatic nitrogens is 1. The number of benzene rings is 1. The number of rotatable bonds is 5. The van der Waals surface area contributed by atoms with Crippen molar-refractivity contribution < 1.29 is 4.79 Å². The quantitative estimate of drug-likeness (QED) is 0.776. The minimum atomic E-state index is 0.106. The molecule has 0 bridgehead atoms. The predicted molar refractivity (Wildman–Crippen MR) is 117 cm³/mol. The second-order valence-electron chi connectivity index (χ2n) is 8.21. The summed E-state index contributed by atoms with van der Waals surface area (Å²) < 4.78 is 0. The third-order valence-electron chi connectivity index (χ3n) is 6.30. The molecule has 154 valence electrons. The van der Waals surface area contributed by atoms with Gasteiger partial charge in [-0.25, -0.2) is 4.98 Å². The fourth-order valence-corrected chi connectivity index (χ4v) is 4.54. The number of hydrogen-bond donors (Lipinski definition) is 0. The number of hydrogen-bond acceptors (Lipinski definition) is 4. The van der Waals surface area contributed by atoms with Crippen LogP contribution in [0.3, 0.4) is 0 Å². The van der Waals surface area contributed by atoms with Crippen LogP contribution in [0.1, 0.15) is 48.5 Å². The highest BCUT2D eigenvalue weighted by Crippen LogP contribution is 2.25. The van der Waals surface area contributed by atoms with Crippen molar-refractivity contribution in [2.45, 2.75) is 45.2 Å². The molecule has 1 aromatic carbocycles. The van der Waals surface area contributed by atoms with Gasteiger partial charge in [0.2, 0.25) is 0 Å². The van der Waals surface area contributed by atoms with E-state index in [2.05, 4.69) is 46.0 Å². The van der Waals surface area contributed by atoms with E-state index in [0.29, 0.717) is 11.6 Å². The predicted octanol–water partition coefficient (Wildman–Crippen LogP) is 3.81. The van der Waals surface area contributed by atoms with Gasteiger partial charge in [0, 0.05) is 51.5 Å². The number of anilines is 1. The fraction of sp³-hybridized carbons (Fsp3) is 0.500. The molecule has 2 aliphatic rings. The van der Waals surface area contributed by atoms with Crippen LogP contribution in [0.4, 0.5) is 5.82 Å². The number of carbonyl (C=O) groups excluding carboxylic acids is 1. The molecule has 1 unspecified atom stereocenters. The van der Waals surface area contributed by atoms with Crippen molar-refractivity contribution in [3.8, 4) is 0 Å². The van der Waals surface area contributed by atoms with Crippen LogP contribution in [0.5, 0.6) is 0 Å². The van der Waals surface area contributed by atoms with Crippen molar-refractivity contribution in [3.63, 3.8) is 0 Å². The Hall–Kier alpha value is -2.40. The number of pyridine rings is 1. The van der Waals surface area contributed by atoms with Crippen LogP contribution in [0.15, 0.2) is 48.7 Å². The van der Waals surface area contributed by atoms with E-state index in [0.717, 1.165) is 51.5 Å². The van der Waals surface area contributed by atoms with Crippen molar-refractivity contribution in [1.82, 2.24) is 14.8 Å².